The second kappa shape index (κ2) is 5.09. The largest absolute Gasteiger partial charge is 0.385 e. The molecule has 0 unspecified atom stereocenters. The summed E-state index contributed by atoms with van der Waals surface area (Å²) in [4.78, 5) is 15.0. The van der Waals surface area contributed by atoms with Crippen molar-refractivity contribution >= 4 is 11.6 Å². The number of rotatable bonds is 4. The minimum absolute atomic E-state index is 0.265. The molecule has 0 radical (unpaired) electrons. The van der Waals surface area contributed by atoms with Crippen LogP contribution >= 0.6 is 0 Å². The topological polar surface area (TPSA) is 64.7 Å². The summed E-state index contributed by atoms with van der Waals surface area (Å²) in [6.45, 7) is 1.42. The van der Waals surface area contributed by atoms with Gasteiger partial charge in [-0.2, -0.15) is 0 Å². The zero-order valence-electron chi connectivity index (χ0n) is 8.24. The molecule has 0 aliphatic rings. The van der Waals surface area contributed by atoms with E-state index in [-0.39, 0.29) is 12.4 Å². The van der Waals surface area contributed by atoms with E-state index in [1.165, 1.54) is 12.1 Å². The van der Waals surface area contributed by atoms with Crippen LogP contribution in [0, 0.1) is 5.82 Å². The molecule has 15 heavy (non-hydrogen) atoms. The van der Waals surface area contributed by atoms with E-state index >= 15 is 0 Å². The summed E-state index contributed by atoms with van der Waals surface area (Å²) in [6, 6.07) is 5.79. The van der Waals surface area contributed by atoms with Gasteiger partial charge in [-0.25, -0.2) is 4.39 Å². The zero-order chi connectivity index (χ0) is 11.3. The molecule has 0 aromatic heterocycles. The van der Waals surface area contributed by atoms with E-state index in [9.17, 15) is 9.18 Å². The predicted octanol–water partition coefficient (Wildman–Crippen LogP) is 1.05. The van der Waals surface area contributed by atoms with Gasteiger partial charge in [0.05, 0.1) is 5.71 Å². The van der Waals surface area contributed by atoms with Gasteiger partial charge in [-0.15, -0.1) is 0 Å². The fourth-order valence-corrected chi connectivity index (χ4v) is 0.937. The van der Waals surface area contributed by atoms with Gasteiger partial charge in [-0.3, -0.25) is 4.79 Å². The zero-order valence-corrected chi connectivity index (χ0v) is 8.24. The Morgan fingerprint density at radius 3 is 2.60 bits per heavy atom. The lowest BCUT2D eigenvalue weighted by Crippen LogP contribution is -2.16. The van der Waals surface area contributed by atoms with Crippen LogP contribution in [0.3, 0.4) is 0 Å². The molecule has 5 heteroatoms. The van der Waals surface area contributed by atoms with Gasteiger partial charge < -0.3 is 10.6 Å². The van der Waals surface area contributed by atoms with E-state index in [0.29, 0.717) is 5.71 Å². The normalized spacial score (nSPS) is 11.2. The number of halogens is 1. The third-order valence-electron chi connectivity index (χ3n) is 1.67. The van der Waals surface area contributed by atoms with E-state index in [4.69, 9.17) is 5.73 Å². The summed E-state index contributed by atoms with van der Waals surface area (Å²) in [5.41, 5.74) is 6.13. The Bertz CT molecular complexity index is 374. The van der Waals surface area contributed by atoms with Crippen molar-refractivity contribution in [2.24, 2.45) is 10.9 Å². The number of hydrogen-bond donors (Lipinski definition) is 1. The summed E-state index contributed by atoms with van der Waals surface area (Å²) in [7, 11) is 0. The van der Waals surface area contributed by atoms with Crippen LogP contribution in [-0.4, -0.2) is 18.2 Å². The number of oxime groups is 1. The van der Waals surface area contributed by atoms with E-state index in [0.717, 1.165) is 5.56 Å². The molecule has 0 spiro atoms. The van der Waals surface area contributed by atoms with Crippen molar-refractivity contribution in [3.8, 4) is 0 Å². The third kappa shape index (κ3) is 3.76. The molecule has 0 saturated heterocycles. The monoisotopic (exact) mass is 210 g/mol. The molecule has 0 aliphatic heterocycles. The SMILES string of the molecule is C/C(=N\OCC(N)=O)c1ccc(F)cc1. The van der Waals surface area contributed by atoms with Crippen molar-refractivity contribution in [3.05, 3.63) is 35.6 Å². The lowest BCUT2D eigenvalue weighted by Gasteiger charge is -2.00. The lowest BCUT2D eigenvalue weighted by atomic mass is 10.1. The lowest BCUT2D eigenvalue weighted by molar-refractivity contribution is -0.122. The molecule has 1 amide bonds. The highest BCUT2D eigenvalue weighted by Crippen LogP contribution is 2.04. The Morgan fingerprint density at radius 2 is 2.07 bits per heavy atom. The van der Waals surface area contributed by atoms with Gasteiger partial charge in [0.25, 0.3) is 5.91 Å². The second-order valence-corrected chi connectivity index (χ2v) is 2.92. The van der Waals surface area contributed by atoms with Crippen LogP contribution in [0.1, 0.15) is 12.5 Å². The number of nitrogens with zero attached hydrogens (tertiary/aromatic N) is 1. The van der Waals surface area contributed by atoms with Gasteiger partial charge >= 0.3 is 0 Å². The van der Waals surface area contributed by atoms with Crippen LogP contribution < -0.4 is 5.73 Å². The molecule has 0 atom stereocenters. The Hall–Kier alpha value is -1.91. The van der Waals surface area contributed by atoms with Crippen molar-refractivity contribution in [1.82, 2.24) is 0 Å². The van der Waals surface area contributed by atoms with Crippen molar-refractivity contribution in [3.63, 3.8) is 0 Å². The van der Waals surface area contributed by atoms with Gasteiger partial charge in [0.1, 0.15) is 5.82 Å². The molecule has 80 valence electrons. The Morgan fingerprint density at radius 1 is 1.47 bits per heavy atom. The molecular formula is C10H11FN2O2. The summed E-state index contributed by atoms with van der Waals surface area (Å²) in [5.74, 6) is -0.907. The smallest absolute Gasteiger partial charge is 0.258 e. The fraction of sp³-hybridized carbons (Fsp3) is 0.200. The first-order valence-corrected chi connectivity index (χ1v) is 4.30. The Kier molecular flexibility index (Phi) is 3.79. The average Bonchev–Trinajstić information content (AvgIpc) is 2.18. The van der Waals surface area contributed by atoms with Gasteiger partial charge in [0, 0.05) is 0 Å². The van der Waals surface area contributed by atoms with Gasteiger partial charge in [-0.05, 0) is 24.6 Å². The first-order chi connectivity index (χ1) is 7.09. The van der Waals surface area contributed by atoms with Crippen LogP contribution in [0.15, 0.2) is 29.4 Å². The molecular weight excluding hydrogens is 199 g/mol. The second-order valence-electron chi connectivity index (χ2n) is 2.92. The molecule has 1 aromatic rings. The van der Waals surface area contributed by atoms with E-state index in [1.807, 2.05) is 0 Å². The number of primary amides is 1. The quantitative estimate of drug-likeness (QED) is 0.596. The highest BCUT2D eigenvalue weighted by molar-refractivity contribution is 5.98. The van der Waals surface area contributed by atoms with Crippen LogP contribution in [-0.2, 0) is 9.63 Å². The number of hydrogen-bond acceptors (Lipinski definition) is 3. The minimum Gasteiger partial charge on any atom is -0.385 e. The van der Waals surface area contributed by atoms with Crippen molar-refractivity contribution in [2.75, 3.05) is 6.61 Å². The minimum atomic E-state index is -0.592. The molecule has 1 aromatic carbocycles. The van der Waals surface area contributed by atoms with Gasteiger partial charge in [0.15, 0.2) is 6.61 Å². The molecule has 0 bridgehead atoms. The number of amides is 1. The van der Waals surface area contributed by atoms with Crippen LogP contribution in [0.25, 0.3) is 0 Å². The maximum Gasteiger partial charge on any atom is 0.258 e. The number of carbonyl (C=O) groups is 1. The summed E-state index contributed by atoms with van der Waals surface area (Å²) < 4.78 is 12.6. The maximum atomic E-state index is 12.6. The van der Waals surface area contributed by atoms with Crippen molar-refractivity contribution < 1.29 is 14.0 Å². The van der Waals surface area contributed by atoms with Crippen LogP contribution in [0.5, 0.6) is 0 Å². The molecule has 0 saturated carbocycles. The van der Waals surface area contributed by atoms with Crippen molar-refractivity contribution in [1.29, 1.82) is 0 Å². The predicted molar refractivity (Wildman–Crippen MR) is 53.8 cm³/mol. The molecule has 0 aliphatic carbocycles. The highest BCUT2D eigenvalue weighted by Gasteiger charge is 1.99. The average molecular weight is 210 g/mol. The van der Waals surface area contributed by atoms with Gasteiger partial charge in [0.2, 0.25) is 0 Å². The first-order valence-electron chi connectivity index (χ1n) is 4.30. The van der Waals surface area contributed by atoms with Crippen LogP contribution in [0.4, 0.5) is 4.39 Å². The fourth-order valence-electron chi connectivity index (χ4n) is 0.937. The molecule has 1 rings (SSSR count). The van der Waals surface area contributed by atoms with Crippen LogP contribution in [0.2, 0.25) is 0 Å². The van der Waals surface area contributed by atoms with E-state index in [2.05, 4.69) is 9.99 Å². The standard InChI is InChI=1S/C10H11FN2O2/c1-7(13-15-6-10(12)14)8-2-4-9(11)5-3-8/h2-5H,6H2,1H3,(H2,12,14)/b13-7+. The van der Waals surface area contributed by atoms with E-state index < -0.39 is 5.91 Å². The molecule has 2 N–H and O–H groups in total. The Balaban J connectivity index is 2.63. The number of benzene rings is 1. The molecule has 0 fully saturated rings. The highest BCUT2D eigenvalue weighted by atomic mass is 19.1. The molecule has 4 nitrogen and oxygen atoms in total. The van der Waals surface area contributed by atoms with Gasteiger partial charge in [-0.1, -0.05) is 17.3 Å². The first kappa shape index (κ1) is 11.2. The number of nitrogens with two attached hydrogens (primary N) is 1. The maximum absolute atomic E-state index is 12.6. The summed E-state index contributed by atoms with van der Waals surface area (Å²) in [5, 5.41) is 3.66. The number of carbonyl (C=O) groups excluding carboxylic acids is 1. The molecule has 0 heterocycles. The third-order valence-corrected chi connectivity index (χ3v) is 1.67. The summed E-state index contributed by atoms with van der Waals surface area (Å²) >= 11 is 0. The van der Waals surface area contributed by atoms with Crippen molar-refractivity contribution in [2.45, 2.75) is 6.92 Å². The van der Waals surface area contributed by atoms with E-state index in [1.54, 1.807) is 19.1 Å². The summed E-state index contributed by atoms with van der Waals surface area (Å²) in [6.07, 6.45) is 0. The Labute approximate surface area is 86.5 Å².